The molecule has 3 rings (SSSR count). The molecule has 0 fully saturated rings. The molecule has 0 saturated carbocycles. The molecule has 0 atom stereocenters. The number of pyridine rings is 1. The van der Waals surface area contributed by atoms with Crippen molar-refractivity contribution in [2.75, 3.05) is 20.3 Å². The SMILES string of the molecule is CCCOc1ccc(F)c2c(=O)c(-c3ccc(OC)cc3)cn(CCC(=O)ONCC(=O)OC(C)(C)C)c12. The molecule has 0 saturated heterocycles. The first-order chi connectivity index (χ1) is 18.0. The number of carbonyl (C=O) groups excluding carboxylic acids is 2. The van der Waals surface area contributed by atoms with Crippen LogP contribution in [0, 0.1) is 5.82 Å². The van der Waals surface area contributed by atoms with Crippen LogP contribution in [0.5, 0.6) is 11.5 Å². The number of benzene rings is 2. The van der Waals surface area contributed by atoms with E-state index in [1.165, 1.54) is 19.2 Å². The number of hydrogen-bond donors (Lipinski definition) is 1. The minimum atomic E-state index is -0.695. The topological polar surface area (TPSA) is 105 Å². The van der Waals surface area contributed by atoms with Crippen molar-refractivity contribution < 1.29 is 33.0 Å². The Bertz CT molecular complexity index is 1340. The van der Waals surface area contributed by atoms with Crippen LogP contribution in [-0.4, -0.2) is 42.4 Å². The van der Waals surface area contributed by atoms with Gasteiger partial charge in [-0.25, -0.2) is 4.39 Å². The lowest BCUT2D eigenvalue weighted by Crippen LogP contribution is -2.32. The van der Waals surface area contributed by atoms with E-state index >= 15 is 4.39 Å². The van der Waals surface area contributed by atoms with Gasteiger partial charge in [0.2, 0.25) is 0 Å². The van der Waals surface area contributed by atoms with Gasteiger partial charge in [0.25, 0.3) is 0 Å². The summed E-state index contributed by atoms with van der Waals surface area (Å²) in [7, 11) is 1.53. The Morgan fingerprint density at radius 2 is 1.76 bits per heavy atom. The predicted molar refractivity (Wildman–Crippen MR) is 140 cm³/mol. The average molecular weight is 529 g/mol. The molecular weight excluding hydrogens is 495 g/mol. The maximum absolute atomic E-state index is 15.1. The first kappa shape index (κ1) is 28.6. The number of nitrogens with zero attached hydrogens (tertiary/aromatic N) is 1. The Morgan fingerprint density at radius 3 is 2.39 bits per heavy atom. The number of fused-ring (bicyclic) bond motifs is 1. The molecule has 0 aliphatic carbocycles. The van der Waals surface area contributed by atoms with Crippen LogP contribution in [0.15, 0.2) is 47.4 Å². The van der Waals surface area contributed by atoms with Gasteiger partial charge in [-0.15, -0.1) is 5.48 Å². The summed E-state index contributed by atoms with van der Waals surface area (Å²) in [5.41, 5.74) is 2.21. The average Bonchev–Trinajstić information content (AvgIpc) is 2.86. The van der Waals surface area contributed by atoms with Crippen molar-refractivity contribution in [3.63, 3.8) is 0 Å². The molecule has 0 aliphatic rings. The molecule has 3 aromatic rings. The molecule has 204 valence electrons. The van der Waals surface area contributed by atoms with Crippen molar-refractivity contribution in [1.29, 1.82) is 0 Å². The highest BCUT2D eigenvalue weighted by molar-refractivity contribution is 5.89. The molecular formula is C28H33FN2O7. The first-order valence-electron chi connectivity index (χ1n) is 12.3. The van der Waals surface area contributed by atoms with Gasteiger partial charge in [-0.05, 0) is 57.0 Å². The van der Waals surface area contributed by atoms with Crippen LogP contribution in [0.2, 0.25) is 0 Å². The normalized spacial score (nSPS) is 11.3. The number of halogens is 1. The molecule has 0 radical (unpaired) electrons. The highest BCUT2D eigenvalue weighted by Gasteiger charge is 2.20. The lowest BCUT2D eigenvalue weighted by atomic mass is 10.0. The zero-order valence-electron chi connectivity index (χ0n) is 22.3. The fraction of sp³-hybridized carbons (Fsp3) is 0.393. The number of hydroxylamine groups is 1. The van der Waals surface area contributed by atoms with Crippen LogP contribution in [0.25, 0.3) is 22.0 Å². The van der Waals surface area contributed by atoms with Crippen LogP contribution in [0.4, 0.5) is 4.39 Å². The van der Waals surface area contributed by atoms with Gasteiger partial charge in [0.15, 0.2) is 5.43 Å². The Hall–Kier alpha value is -3.92. The lowest BCUT2D eigenvalue weighted by molar-refractivity contribution is -0.161. The summed E-state index contributed by atoms with van der Waals surface area (Å²) in [6.45, 7) is 7.23. The maximum Gasteiger partial charge on any atom is 0.326 e. The van der Waals surface area contributed by atoms with E-state index in [9.17, 15) is 14.4 Å². The number of ether oxygens (including phenoxy) is 3. The van der Waals surface area contributed by atoms with E-state index in [0.29, 0.717) is 30.1 Å². The maximum atomic E-state index is 15.1. The number of hydrogen-bond acceptors (Lipinski definition) is 8. The second-order valence-corrected chi connectivity index (χ2v) is 9.54. The number of nitrogens with one attached hydrogen (secondary N) is 1. The number of carbonyl (C=O) groups is 2. The summed E-state index contributed by atoms with van der Waals surface area (Å²) >= 11 is 0. The lowest BCUT2D eigenvalue weighted by Gasteiger charge is -2.19. The largest absolute Gasteiger partial charge is 0.497 e. The van der Waals surface area contributed by atoms with Crippen LogP contribution >= 0.6 is 0 Å². The van der Waals surface area contributed by atoms with E-state index in [0.717, 1.165) is 0 Å². The van der Waals surface area contributed by atoms with Crippen LogP contribution < -0.4 is 20.4 Å². The van der Waals surface area contributed by atoms with E-state index in [-0.39, 0.29) is 36.0 Å². The van der Waals surface area contributed by atoms with E-state index in [2.05, 4.69) is 5.48 Å². The highest BCUT2D eigenvalue weighted by Crippen LogP contribution is 2.30. The van der Waals surface area contributed by atoms with Gasteiger partial charge in [-0.1, -0.05) is 19.1 Å². The number of rotatable bonds is 11. The molecule has 1 heterocycles. The zero-order valence-corrected chi connectivity index (χ0v) is 22.3. The molecule has 0 unspecified atom stereocenters. The number of methoxy groups -OCH3 is 1. The molecule has 9 nitrogen and oxygen atoms in total. The minimum absolute atomic E-state index is 0.0544. The van der Waals surface area contributed by atoms with Gasteiger partial charge >= 0.3 is 11.9 Å². The Labute approximate surface area is 220 Å². The van der Waals surface area contributed by atoms with Crippen molar-refractivity contribution in [1.82, 2.24) is 10.0 Å². The summed E-state index contributed by atoms with van der Waals surface area (Å²) < 4.78 is 32.8. The highest BCUT2D eigenvalue weighted by atomic mass is 19.1. The van der Waals surface area contributed by atoms with Crippen molar-refractivity contribution >= 4 is 22.8 Å². The smallest absolute Gasteiger partial charge is 0.326 e. The minimum Gasteiger partial charge on any atom is -0.497 e. The molecule has 1 aromatic heterocycles. The van der Waals surface area contributed by atoms with E-state index in [4.69, 9.17) is 19.0 Å². The van der Waals surface area contributed by atoms with E-state index in [1.807, 2.05) is 6.92 Å². The van der Waals surface area contributed by atoms with Gasteiger partial charge < -0.3 is 23.6 Å². The van der Waals surface area contributed by atoms with Crippen molar-refractivity contribution in [3.8, 4) is 22.6 Å². The molecule has 1 N–H and O–H groups in total. The van der Waals surface area contributed by atoms with Gasteiger partial charge in [-0.3, -0.25) is 14.4 Å². The molecule has 10 heteroatoms. The summed E-state index contributed by atoms with van der Waals surface area (Å²) in [6.07, 6.45) is 2.15. The Kier molecular flexibility index (Phi) is 9.46. The Morgan fingerprint density at radius 1 is 1.05 bits per heavy atom. The predicted octanol–water partition coefficient (Wildman–Crippen LogP) is 4.38. The van der Waals surface area contributed by atoms with Crippen LogP contribution in [0.1, 0.15) is 40.5 Å². The van der Waals surface area contributed by atoms with Gasteiger partial charge in [0, 0.05) is 18.3 Å². The third-order valence-corrected chi connectivity index (χ3v) is 5.38. The fourth-order valence-electron chi connectivity index (χ4n) is 3.76. The third kappa shape index (κ3) is 7.32. The molecule has 0 amide bonds. The van der Waals surface area contributed by atoms with Gasteiger partial charge in [0.05, 0.1) is 31.0 Å². The second kappa shape index (κ2) is 12.6. The van der Waals surface area contributed by atoms with Crippen molar-refractivity contribution in [3.05, 3.63) is 58.6 Å². The molecule has 0 bridgehead atoms. The van der Waals surface area contributed by atoms with E-state index in [1.54, 1.807) is 55.8 Å². The van der Waals surface area contributed by atoms with Crippen LogP contribution in [-0.2, 0) is 25.7 Å². The van der Waals surface area contributed by atoms with Gasteiger partial charge in [0.1, 0.15) is 29.5 Å². The van der Waals surface area contributed by atoms with E-state index < -0.39 is 28.8 Å². The third-order valence-electron chi connectivity index (χ3n) is 5.38. The summed E-state index contributed by atoms with van der Waals surface area (Å²) in [5.74, 6) is -0.983. The zero-order chi connectivity index (χ0) is 27.9. The molecule has 38 heavy (non-hydrogen) atoms. The Balaban J connectivity index is 1.91. The standard InChI is InChI=1S/C28H33FN2O7/c1-6-15-36-22-12-11-21(29)25-26(22)31(14-13-23(32)38-30-16-24(33)37-28(2,3)4)17-20(27(25)34)18-7-9-19(35-5)10-8-18/h7-12,17,30H,6,13-16H2,1-5H3. The first-order valence-corrected chi connectivity index (χ1v) is 12.3. The number of aryl methyl sites for hydroxylation is 1. The quantitative estimate of drug-likeness (QED) is 0.289. The van der Waals surface area contributed by atoms with Crippen LogP contribution in [0.3, 0.4) is 0 Å². The fourth-order valence-corrected chi connectivity index (χ4v) is 3.76. The molecule has 0 aliphatic heterocycles. The number of esters is 1. The number of aromatic nitrogens is 1. The monoisotopic (exact) mass is 528 g/mol. The van der Waals surface area contributed by atoms with Gasteiger partial charge in [-0.2, -0.15) is 0 Å². The second-order valence-electron chi connectivity index (χ2n) is 9.54. The molecule has 0 spiro atoms. The van der Waals surface area contributed by atoms with Crippen molar-refractivity contribution in [2.24, 2.45) is 0 Å². The summed E-state index contributed by atoms with van der Waals surface area (Å²) in [5, 5.41) is -0.136. The summed E-state index contributed by atoms with van der Waals surface area (Å²) in [6, 6.07) is 9.48. The summed E-state index contributed by atoms with van der Waals surface area (Å²) in [4.78, 5) is 42.6. The van der Waals surface area contributed by atoms with Crippen molar-refractivity contribution in [2.45, 2.75) is 52.7 Å². The molecule has 2 aromatic carbocycles.